The molecule has 0 bridgehead atoms. The lowest BCUT2D eigenvalue weighted by molar-refractivity contribution is -0.384. The molecule has 0 aliphatic rings. The van der Waals surface area contributed by atoms with Crippen LogP contribution < -0.4 is 10.1 Å². The van der Waals surface area contributed by atoms with E-state index in [1.54, 1.807) is 18.2 Å². The molecule has 0 amide bonds. The number of non-ortho nitro benzene ring substituents is 1. The van der Waals surface area contributed by atoms with Crippen LogP contribution in [-0.4, -0.2) is 12.0 Å². The molecule has 0 saturated carbocycles. The third kappa shape index (κ3) is 3.55. The Balaban J connectivity index is 2.29. The molecule has 0 radical (unpaired) electrons. The zero-order valence-electron chi connectivity index (χ0n) is 11.4. The fourth-order valence-electron chi connectivity index (χ4n) is 1.86. The summed E-state index contributed by atoms with van der Waals surface area (Å²) in [5, 5.41) is 22.9. The van der Waals surface area contributed by atoms with Crippen molar-refractivity contribution in [3.8, 4) is 17.6 Å². The van der Waals surface area contributed by atoms with E-state index in [1.165, 1.54) is 18.2 Å². The van der Waals surface area contributed by atoms with Gasteiger partial charge in [-0.05, 0) is 30.8 Å². The van der Waals surface area contributed by atoms with Gasteiger partial charge in [-0.2, -0.15) is 5.26 Å². The normalized spacial score (nSPS) is 9.90. The molecule has 0 spiro atoms. The van der Waals surface area contributed by atoms with Crippen LogP contribution in [0.4, 0.5) is 5.69 Å². The summed E-state index contributed by atoms with van der Waals surface area (Å²) in [4.78, 5) is 10.2. The first-order valence-corrected chi connectivity index (χ1v) is 6.24. The van der Waals surface area contributed by atoms with E-state index in [-0.39, 0.29) is 5.69 Å². The van der Waals surface area contributed by atoms with Gasteiger partial charge in [-0.3, -0.25) is 10.1 Å². The summed E-state index contributed by atoms with van der Waals surface area (Å²) in [5.41, 5.74) is 1.28. The third-order valence-electron chi connectivity index (χ3n) is 2.80. The Kier molecular flexibility index (Phi) is 4.49. The van der Waals surface area contributed by atoms with Crippen LogP contribution in [0.3, 0.4) is 0 Å². The SMILES string of the molecule is CNCc1ccc(Oc2cccc([N+](=O)[O-])c2)c(C#N)c1. The van der Waals surface area contributed by atoms with Crippen LogP contribution in [0, 0.1) is 21.4 Å². The highest BCUT2D eigenvalue weighted by Crippen LogP contribution is 2.28. The van der Waals surface area contributed by atoms with Crippen LogP contribution in [0.1, 0.15) is 11.1 Å². The first kappa shape index (κ1) is 14.5. The molecule has 106 valence electrons. The zero-order chi connectivity index (χ0) is 15.2. The van der Waals surface area contributed by atoms with Gasteiger partial charge in [-0.1, -0.05) is 12.1 Å². The number of benzene rings is 2. The Morgan fingerprint density at radius 2 is 2.14 bits per heavy atom. The molecular weight excluding hydrogens is 270 g/mol. The minimum Gasteiger partial charge on any atom is -0.456 e. The molecular formula is C15H13N3O3. The second-order valence-electron chi connectivity index (χ2n) is 4.33. The quantitative estimate of drug-likeness (QED) is 0.673. The lowest BCUT2D eigenvalue weighted by Gasteiger charge is -2.09. The molecule has 21 heavy (non-hydrogen) atoms. The molecule has 6 nitrogen and oxygen atoms in total. The van der Waals surface area contributed by atoms with Gasteiger partial charge in [0.15, 0.2) is 0 Å². The third-order valence-corrected chi connectivity index (χ3v) is 2.80. The second kappa shape index (κ2) is 6.50. The van der Waals surface area contributed by atoms with E-state index in [4.69, 9.17) is 4.74 Å². The highest BCUT2D eigenvalue weighted by molar-refractivity contribution is 5.48. The Morgan fingerprint density at radius 1 is 1.33 bits per heavy atom. The van der Waals surface area contributed by atoms with Crippen molar-refractivity contribution < 1.29 is 9.66 Å². The van der Waals surface area contributed by atoms with E-state index in [1.807, 2.05) is 13.1 Å². The van der Waals surface area contributed by atoms with Crippen LogP contribution in [0.15, 0.2) is 42.5 Å². The van der Waals surface area contributed by atoms with Crippen LogP contribution in [0.2, 0.25) is 0 Å². The number of nitro groups is 1. The van der Waals surface area contributed by atoms with Gasteiger partial charge in [0.1, 0.15) is 17.6 Å². The van der Waals surface area contributed by atoms with Gasteiger partial charge in [0.2, 0.25) is 0 Å². The van der Waals surface area contributed by atoms with Gasteiger partial charge in [0.05, 0.1) is 16.6 Å². The average Bonchev–Trinajstić information content (AvgIpc) is 2.49. The summed E-state index contributed by atoms with van der Waals surface area (Å²) in [6, 6.07) is 13.2. The van der Waals surface area contributed by atoms with Gasteiger partial charge in [-0.25, -0.2) is 0 Å². The van der Waals surface area contributed by atoms with E-state index in [0.29, 0.717) is 23.6 Å². The molecule has 2 aromatic carbocycles. The highest BCUT2D eigenvalue weighted by atomic mass is 16.6. The Bertz CT molecular complexity index is 708. The van der Waals surface area contributed by atoms with Crippen molar-refractivity contribution in [1.29, 1.82) is 5.26 Å². The van der Waals surface area contributed by atoms with E-state index in [2.05, 4.69) is 11.4 Å². The number of nitro benzene ring substituents is 1. The zero-order valence-corrected chi connectivity index (χ0v) is 11.4. The number of hydrogen-bond acceptors (Lipinski definition) is 5. The maximum atomic E-state index is 10.7. The van der Waals surface area contributed by atoms with Crippen LogP contribution in [0.25, 0.3) is 0 Å². The number of ether oxygens (including phenoxy) is 1. The summed E-state index contributed by atoms with van der Waals surface area (Å²) >= 11 is 0. The predicted octanol–water partition coefficient (Wildman–Crippen LogP) is 2.98. The largest absolute Gasteiger partial charge is 0.456 e. The molecule has 2 aromatic rings. The van der Waals surface area contributed by atoms with Gasteiger partial charge in [0.25, 0.3) is 5.69 Å². The summed E-state index contributed by atoms with van der Waals surface area (Å²) in [6.45, 7) is 0.645. The molecule has 2 rings (SSSR count). The summed E-state index contributed by atoms with van der Waals surface area (Å²) in [6.07, 6.45) is 0. The number of nitrogens with zero attached hydrogens (tertiary/aromatic N) is 2. The number of nitriles is 1. The first-order chi connectivity index (χ1) is 10.1. The van der Waals surface area contributed by atoms with Gasteiger partial charge < -0.3 is 10.1 Å². The van der Waals surface area contributed by atoms with Crippen LogP contribution >= 0.6 is 0 Å². The molecule has 0 unspecified atom stereocenters. The van der Waals surface area contributed by atoms with Crippen molar-refractivity contribution in [1.82, 2.24) is 5.32 Å². The van der Waals surface area contributed by atoms with Crippen molar-refractivity contribution >= 4 is 5.69 Å². The molecule has 0 fully saturated rings. The fraction of sp³-hybridized carbons (Fsp3) is 0.133. The standard InChI is InChI=1S/C15H13N3O3/c1-17-10-11-5-6-15(12(7-11)9-16)21-14-4-2-3-13(8-14)18(19)20/h2-8,17H,10H2,1H3. The van der Waals surface area contributed by atoms with Crippen molar-refractivity contribution in [3.63, 3.8) is 0 Å². The van der Waals surface area contributed by atoms with Crippen molar-refractivity contribution in [2.45, 2.75) is 6.54 Å². The molecule has 0 aliphatic heterocycles. The molecule has 1 N–H and O–H groups in total. The van der Waals surface area contributed by atoms with Crippen LogP contribution in [0.5, 0.6) is 11.5 Å². The van der Waals surface area contributed by atoms with Crippen LogP contribution in [-0.2, 0) is 6.54 Å². The van der Waals surface area contributed by atoms with E-state index in [9.17, 15) is 15.4 Å². The van der Waals surface area contributed by atoms with Crippen molar-refractivity contribution in [3.05, 3.63) is 63.7 Å². The van der Waals surface area contributed by atoms with Crippen molar-refractivity contribution in [2.24, 2.45) is 0 Å². The molecule has 0 heterocycles. The summed E-state index contributed by atoms with van der Waals surface area (Å²) in [7, 11) is 1.82. The lowest BCUT2D eigenvalue weighted by atomic mass is 10.1. The lowest BCUT2D eigenvalue weighted by Crippen LogP contribution is -2.05. The topological polar surface area (TPSA) is 88.2 Å². The van der Waals surface area contributed by atoms with E-state index < -0.39 is 4.92 Å². The van der Waals surface area contributed by atoms with Crippen molar-refractivity contribution in [2.75, 3.05) is 7.05 Å². The van der Waals surface area contributed by atoms with Gasteiger partial charge in [-0.15, -0.1) is 0 Å². The Morgan fingerprint density at radius 3 is 2.81 bits per heavy atom. The number of hydrogen-bond donors (Lipinski definition) is 1. The first-order valence-electron chi connectivity index (χ1n) is 6.24. The van der Waals surface area contributed by atoms with Gasteiger partial charge >= 0.3 is 0 Å². The molecule has 0 aliphatic carbocycles. The van der Waals surface area contributed by atoms with E-state index >= 15 is 0 Å². The molecule has 0 atom stereocenters. The average molecular weight is 283 g/mol. The minimum absolute atomic E-state index is 0.0576. The van der Waals surface area contributed by atoms with Gasteiger partial charge in [0, 0.05) is 12.6 Å². The minimum atomic E-state index is -0.492. The molecule has 0 saturated heterocycles. The maximum Gasteiger partial charge on any atom is 0.273 e. The second-order valence-corrected chi connectivity index (χ2v) is 4.33. The maximum absolute atomic E-state index is 10.7. The summed E-state index contributed by atoms with van der Waals surface area (Å²) in [5.74, 6) is 0.694. The summed E-state index contributed by atoms with van der Waals surface area (Å²) < 4.78 is 5.58. The monoisotopic (exact) mass is 283 g/mol. The molecule has 6 heteroatoms. The smallest absolute Gasteiger partial charge is 0.273 e. The Labute approximate surface area is 121 Å². The fourth-order valence-corrected chi connectivity index (χ4v) is 1.86. The van der Waals surface area contributed by atoms with E-state index in [0.717, 1.165) is 5.56 Å². The number of rotatable bonds is 5. The number of nitrogens with one attached hydrogen (secondary N) is 1. The Hall–Kier alpha value is -2.91. The molecule has 0 aromatic heterocycles. The predicted molar refractivity (Wildman–Crippen MR) is 77.1 cm³/mol. The highest BCUT2D eigenvalue weighted by Gasteiger charge is 2.10.